The number of hydrogen-bond acceptors (Lipinski definition) is 6. The Morgan fingerprint density at radius 2 is 2.04 bits per heavy atom. The molecule has 0 amide bonds. The van der Waals surface area contributed by atoms with Crippen LogP contribution in [0.5, 0.6) is 0 Å². The maximum absolute atomic E-state index is 5.49. The Hall–Kier alpha value is -2.73. The van der Waals surface area contributed by atoms with Gasteiger partial charge in [0.1, 0.15) is 5.69 Å². The summed E-state index contributed by atoms with van der Waals surface area (Å²) < 4.78 is 5.49. The van der Waals surface area contributed by atoms with Crippen molar-refractivity contribution >= 4 is 5.82 Å². The summed E-state index contributed by atoms with van der Waals surface area (Å²) in [5.41, 5.74) is 2.90. The van der Waals surface area contributed by atoms with Crippen molar-refractivity contribution in [2.45, 2.75) is 32.4 Å². The zero-order valence-corrected chi connectivity index (χ0v) is 14.9. The maximum Gasteiger partial charge on any atom is 0.151 e. The average molecular weight is 349 g/mol. The van der Waals surface area contributed by atoms with E-state index in [0.717, 1.165) is 54.5 Å². The summed E-state index contributed by atoms with van der Waals surface area (Å²) in [7, 11) is 0. The molecule has 3 heterocycles. The zero-order chi connectivity index (χ0) is 17.8. The highest BCUT2D eigenvalue weighted by atomic mass is 16.5. The van der Waals surface area contributed by atoms with Gasteiger partial charge in [0.25, 0.3) is 0 Å². The second-order valence-corrected chi connectivity index (χ2v) is 6.74. The Morgan fingerprint density at radius 1 is 1.15 bits per heavy atom. The fourth-order valence-electron chi connectivity index (χ4n) is 3.30. The molecule has 3 aromatic rings. The van der Waals surface area contributed by atoms with Crippen LogP contribution in [0.4, 0.5) is 5.82 Å². The van der Waals surface area contributed by atoms with E-state index in [2.05, 4.69) is 25.6 Å². The van der Waals surface area contributed by atoms with Crippen LogP contribution in [0.2, 0.25) is 0 Å². The summed E-state index contributed by atoms with van der Waals surface area (Å²) in [5.74, 6) is 1.81. The molecule has 6 nitrogen and oxygen atoms in total. The van der Waals surface area contributed by atoms with Crippen LogP contribution >= 0.6 is 0 Å². The first-order valence-corrected chi connectivity index (χ1v) is 9.07. The highest BCUT2D eigenvalue weighted by Crippen LogP contribution is 2.20. The van der Waals surface area contributed by atoms with Crippen LogP contribution in [0, 0.1) is 6.92 Å². The van der Waals surface area contributed by atoms with Crippen molar-refractivity contribution in [2.75, 3.05) is 18.0 Å². The molecule has 1 unspecified atom stereocenters. The molecule has 1 N–H and O–H groups in total. The Bertz CT molecular complexity index is 831. The molecule has 4 rings (SSSR count). The van der Waals surface area contributed by atoms with Crippen LogP contribution in [0.15, 0.2) is 53.1 Å². The van der Waals surface area contributed by atoms with Gasteiger partial charge in [0.05, 0.1) is 12.2 Å². The predicted octanol–water partition coefficient (Wildman–Crippen LogP) is 3.20. The molecule has 1 aliphatic rings. The van der Waals surface area contributed by atoms with Crippen molar-refractivity contribution < 1.29 is 4.52 Å². The van der Waals surface area contributed by atoms with Crippen LogP contribution in [0.3, 0.4) is 0 Å². The average Bonchev–Trinajstić information content (AvgIpc) is 3.17. The number of aromatic nitrogens is 3. The van der Waals surface area contributed by atoms with E-state index in [4.69, 9.17) is 4.52 Å². The largest absolute Gasteiger partial charge is 0.359 e. The molecule has 1 atom stereocenters. The number of rotatable bonds is 5. The van der Waals surface area contributed by atoms with Gasteiger partial charge in [-0.05, 0) is 31.9 Å². The minimum Gasteiger partial charge on any atom is -0.359 e. The van der Waals surface area contributed by atoms with Gasteiger partial charge in [-0.25, -0.2) is 0 Å². The zero-order valence-electron chi connectivity index (χ0n) is 14.9. The van der Waals surface area contributed by atoms with Gasteiger partial charge in [-0.3, -0.25) is 0 Å². The summed E-state index contributed by atoms with van der Waals surface area (Å²) in [6.07, 6.45) is 2.29. The van der Waals surface area contributed by atoms with E-state index in [0.29, 0.717) is 12.6 Å². The molecule has 0 aliphatic carbocycles. The highest BCUT2D eigenvalue weighted by Gasteiger charge is 2.21. The molecule has 0 spiro atoms. The van der Waals surface area contributed by atoms with E-state index in [9.17, 15) is 0 Å². The maximum atomic E-state index is 5.49. The third kappa shape index (κ3) is 3.91. The van der Waals surface area contributed by atoms with E-state index in [-0.39, 0.29) is 0 Å². The number of anilines is 1. The molecule has 26 heavy (non-hydrogen) atoms. The third-order valence-electron chi connectivity index (χ3n) is 4.72. The molecule has 2 aromatic heterocycles. The standard InChI is InChI=1S/C20H23N5O/c1-15-9-10-20(23-22-15)25-11-5-8-17(14-25)21-13-18-12-19(24-26-18)16-6-3-2-4-7-16/h2-4,6-7,9-10,12,17,21H,5,8,11,13-14H2,1H3. The van der Waals surface area contributed by atoms with Crippen molar-refractivity contribution in [1.82, 2.24) is 20.7 Å². The van der Waals surface area contributed by atoms with Crippen LogP contribution < -0.4 is 10.2 Å². The van der Waals surface area contributed by atoms with Crippen LogP contribution in [0.25, 0.3) is 11.3 Å². The molecule has 1 aromatic carbocycles. The van der Waals surface area contributed by atoms with E-state index in [1.54, 1.807) is 0 Å². The number of benzene rings is 1. The second kappa shape index (κ2) is 7.66. The smallest absolute Gasteiger partial charge is 0.151 e. The van der Waals surface area contributed by atoms with Gasteiger partial charge in [0.2, 0.25) is 0 Å². The van der Waals surface area contributed by atoms with E-state index in [1.165, 1.54) is 0 Å². The number of piperidine rings is 1. The quantitative estimate of drug-likeness (QED) is 0.763. The third-order valence-corrected chi connectivity index (χ3v) is 4.72. The van der Waals surface area contributed by atoms with E-state index < -0.39 is 0 Å². The molecule has 0 radical (unpaired) electrons. The summed E-state index contributed by atoms with van der Waals surface area (Å²) in [6, 6.07) is 16.6. The first-order chi connectivity index (χ1) is 12.8. The number of hydrogen-bond donors (Lipinski definition) is 1. The van der Waals surface area contributed by atoms with Crippen molar-refractivity contribution in [3.63, 3.8) is 0 Å². The van der Waals surface area contributed by atoms with Crippen LogP contribution in [-0.4, -0.2) is 34.5 Å². The normalized spacial score (nSPS) is 17.4. The first-order valence-electron chi connectivity index (χ1n) is 9.07. The van der Waals surface area contributed by atoms with Crippen molar-refractivity contribution in [1.29, 1.82) is 0 Å². The minimum atomic E-state index is 0.400. The summed E-state index contributed by atoms with van der Waals surface area (Å²) in [4.78, 5) is 2.30. The molecule has 134 valence electrons. The second-order valence-electron chi connectivity index (χ2n) is 6.74. The Morgan fingerprint density at radius 3 is 2.85 bits per heavy atom. The molecule has 1 fully saturated rings. The number of nitrogens with one attached hydrogen (secondary N) is 1. The molecule has 0 bridgehead atoms. The lowest BCUT2D eigenvalue weighted by Crippen LogP contribution is -2.45. The topological polar surface area (TPSA) is 67.1 Å². The molecular formula is C20H23N5O. The van der Waals surface area contributed by atoms with Crippen molar-refractivity contribution in [2.24, 2.45) is 0 Å². The van der Waals surface area contributed by atoms with Gasteiger partial charge in [0, 0.05) is 30.8 Å². The SMILES string of the molecule is Cc1ccc(N2CCCC(NCc3cc(-c4ccccc4)no3)C2)nn1. The molecule has 1 saturated heterocycles. The lowest BCUT2D eigenvalue weighted by atomic mass is 10.1. The fourth-order valence-corrected chi connectivity index (χ4v) is 3.30. The van der Waals surface area contributed by atoms with Gasteiger partial charge < -0.3 is 14.7 Å². The Balaban J connectivity index is 1.34. The molecular weight excluding hydrogens is 326 g/mol. The summed E-state index contributed by atoms with van der Waals surface area (Å²) in [6.45, 7) is 4.59. The Labute approximate surface area is 153 Å². The molecule has 6 heteroatoms. The lowest BCUT2D eigenvalue weighted by molar-refractivity contribution is 0.350. The van der Waals surface area contributed by atoms with Crippen LogP contribution in [0.1, 0.15) is 24.3 Å². The van der Waals surface area contributed by atoms with Gasteiger partial charge in [0.15, 0.2) is 11.6 Å². The molecule has 0 saturated carbocycles. The minimum absolute atomic E-state index is 0.400. The van der Waals surface area contributed by atoms with Gasteiger partial charge >= 0.3 is 0 Å². The Kier molecular flexibility index (Phi) is 4.93. The monoisotopic (exact) mass is 349 g/mol. The van der Waals surface area contributed by atoms with Gasteiger partial charge in [-0.1, -0.05) is 35.5 Å². The highest BCUT2D eigenvalue weighted by molar-refractivity contribution is 5.58. The van der Waals surface area contributed by atoms with Gasteiger partial charge in [-0.2, -0.15) is 5.10 Å². The van der Waals surface area contributed by atoms with E-state index in [1.807, 2.05) is 55.5 Å². The summed E-state index contributed by atoms with van der Waals surface area (Å²) >= 11 is 0. The van der Waals surface area contributed by atoms with Gasteiger partial charge in [-0.15, -0.1) is 5.10 Å². The van der Waals surface area contributed by atoms with Crippen molar-refractivity contribution in [3.8, 4) is 11.3 Å². The first kappa shape index (κ1) is 16.7. The number of nitrogens with zero attached hydrogens (tertiary/aromatic N) is 4. The lowest BCUT2D eigenvalue weighted by Gasteiger charge is -2.33. The number of aryl methyl sites for hydroxylation is 1. The summed E-state index contributed by atoms with van der Waals surface area (Å²) in [5, 5.41) is 16.2. The fraction of sp³-hybridized carbons (Fsp3) is 0.350. The molecule has 1 aliphatic heterocycles. The van der Waals surface area contributed by atoms with Crippen molar-refractivity contribution in [3.05, 3.63) is 60.0 Å². The predicted molar refractivity (Wildman–Crippen MR) is 101 cm³/mol. The van der Waals surface area contributed by atoms with E-state index >= 15 is 0 Å². The van der Waals surface area contributed by atoms with Crippen LogP contribution in [-0.2, 0) is 6.54 Å².